The normalized spacial score (nSPS) is 10.1. The molecule has 2 aromatic rings. The highest BCUT2D eigenvalue weighted by Crippen LogP contribution is 2.13. The summed E-state index contributed by atoms with van der Waals surface area (Å²) in [5, 5.41) is 10.0. The Morgan fingerprint density at radius 3 is 2.94 bits per heavy atom. The summed E-state index contributed by atoms with van der Waals surface area (Å²) in [6.45, 7) is 2.52. The smallest absolute Gasteiger partial charge is 0.156 e. The number of hydrogen-bond acceptors (Lipinski definition) is 5. The molecule has 0 fully saturated rings. The van der Waals surface area contributed by atoms with Crippen LogP contribution in [0.3, 0.4) is 0 Å². The summed E-state index contributed by atoms with van der Waals surface area (Å²) in [7, 11) is 1.84. The average molecular weight is 218 g/mol. The fourth-order valence-electron chi connectivity index (χ4n) is 1.37. The van der Waals surface area contributed by atoms with Crippen LogP contribution < -0.4 is 10.6 Å². The Bertz CT molecular complexity index is 467. The van der Waals surface area contributed by atoms with Gasteiger partial charge in [-0.15, -0.1) is 0 Å². The molecule has 84 valence electrons. The van der Waals surface area contributed by atoms with E-state index in [1.807, 2.05) is 32.2 Å². The number of nitrogens with one attached hydrogen (secondary N) is 2. The van der Waals surface area contributed by atoms with Crippen molar-refractivity contribution < 1.29 is 4.52 Å². The average Bonchev–Trinajstić information content (AvgIpc) is 2.73. The number of aromatic nitrogens is 2. The van der Waals surface area contributed by atoms with E-state index in [2.05, 4.69) is 20.8 Å². The SMILES string of the molecule is CNc1cc(NCc2cc(C)no2)ccn1. The van der Waals surface area contributed by atoms with E-state index >= 15 is 0 Å². The van der Waals surface area contributed by atoms with Crippen molar-refractivity contribution in [3.8, 4) is 0 Å². The van der Waals surface area contributed by atoms with Gasteiger partial charge in [0.1, 0.15) is 5.82 Å². The summed E-state index contributed by atoms with van der Waals surface area (Å²) >= 11 is 0. The van der Waals surface area contributed by atoms with E-state index in [-0.39, 0.29) is 0 Å². The van der Waals surface area contributed by atoms with Gasteiger partial charge in [-0.05, 0) is 13.0 Å². The van der Waals surface area contributed by atoms with Gasteiger partial charge >= 0.3 is 0 Å². The minimum Gasteiger partial charge on any atom is -0.378 e. The van der Waals surface area contributed by atoms with Crippen LogP contribution >= 0.6 is 0 Å². The lowest BCUT2D eigenvalue weighted by molar-refractivity contribution is 0.384. The Morgan fingerprint density at radius 1 is 1.38 bits per heavy atom. The fourth-order valence-corrected chi connectivity index (χ4v) is 1.37. The summed E-state index contributed by atoms with van der Waals surface area (Å²) in [5.41, 5.74) is 1.89. The van der Waals surface area contributed by atoms with Gasteiger partial charge in [-0.1, -0.05) is 5.16 Å². The molecule has 0 atom stereocenters. The summed E-state index contributed by atoms with van der Waals surface area (Å²) in [4.78, 5) is 4.13. The van der Waals surface area contributed by atoms with Crippen molar-refractivity contribution in [1.82, 2.24) is 10.1 Å². The number of hydrogen-bond donors (Lipinski definition) is 2. The molecule has 0 saturated carbocycles. The molecular weight excluding hydrogens is 204 g/mol. The molecule has 2 heterocycles. The van der Waals surface area contributed by atoms with Crippen LogP contribution in [-0.2, 0) is 6.54 Å². The molecule has 0 amide bonds. The summed E-state index contributed by atoms with van der Waals surface area (Å²) in [6, 6.07) is 5.75. The Morgan fingerprint density at radius 2 is 2.25 bits per heavy atom. The third-order valence-electron chi connectivity index (χ3n) is 2.16. The maximum absolute atomic E-state index is 5.10. The monoisotopic (exact) mass is 218 g/mol. The van der Waals surface area contributed by atoms with E-state index in [1.54, 1.807) is 6.20 Å². The Labute approximate surface area is 93.9 Å². The molecule has 0 bridgehead atoms. The van der Waals surface area contributed by atoms with E-state index in [4.69, 9.17) is 4.52 Å². The van der Waals surface area contributed by atoms with Gasteiger partial charge in [0, 0.05) is 31.1 Å². The second-order valence-corrected chi connectivity index (χ2v) is 3.47. The maximum atomic E-state index is 5.10. The Hall–Kier alpha value is -2.04. The van der Waals surface area contributed by atoms with Gasteiger partial charge in [0.25, 0.3) is 0 Å². The van der Waals surface area contributed by atoms with E-state index < -0.39 is 0 Å². The Balaban J connectivity index is 1.99. The number of pyridine rings is 1. The first kappa shape index (κ1) is 10.5. The highest BCUT2D eigenvalue weighted by molar-refractivity contribution is 5.51. The van der Waals surface area contributed by atoms with Crippen LogP contribution in [0, 0.1) is 6.92 Å². The standard InChI is InChI=1S/C11H14N4O/c1-8-5-10(16-15-8)7-14-9-3-4-13-11(6-9)12-2/h3-6H,7H2,1-2H3,(H2,12,13,14). The molecule has 0 radical (unpaired) electrons. The second kappa shape index (κ2) is 4.65. The van der Waals surface area contributed by atoms with Crippen molar-refractivity contribution in [3.05, 3.63) is 35.9 Å². The van der Waals surface area contributed by atoms with Crippen molar-refractivity contribution in [2.24, 2.45) is 0 Å². The zero-order chi connectivity index (χ0) is 11.4. The first-order valence-electron chi connectivity index (χ1n) is 5.08. The van der Waals surface area contributed by atoms with E-state index in [1.165, 1.54) is 0 Å². The minimum absolute atomic E-state index is 0.619. The summed E-state index contributed by atoms with van der Waals surface area (Å²) < 4.78 is 5.10. The molecule has 16 heavy (non-hydrogen) atoms. The molecule has 0 spiro atoms. The third kappa shape index (κ3) is 2.50. The molecule has 5 heteroatoms. The van der Waals surface area contributed by atoms with Crippen molar-refractivity contribution in [3.63, 3.8) is 0 Å². The van der Waals surface area contributed by atoms with Crippen molar-refractivity contribution in [2.45, 2.75) is 13.5 Å². The molecule has 0 aliphatic heterocycles. The molecule has 0 saturated heterocycles. The van der Waals surface area contributed by atoms with E-state index in [0.717, 1.165) is 23.0 Å². The lowest BCUT2D eigenvalue weighted by Gasteiger charge is -2.05. The van der Waals surface area contributed by atoms with Gasteiger partial charge in [-0.25, -0.2) is 4.98 Å². The second-order valence-electron chi connectivity index (χ2n) is 3.47. The van der Waals surface area contributed by atoms with Crippen LogP contribution in [-0.4, -0.2) is 17.2 Å². The molecule has 0 aliphatic rings. The summed E-state index contributed by atoms with van der Waals surface area (Å²) in [5.74, 6) is 1.65. The van der Waals surface area contributed by atoms with Gasteiger partial charge in [0.2, 0.25) is 0 Å². The predicted molar refractivity (Wildman–Crippen MR) is 62.4 cm³/mol. The fraction of sp³-hybridized carbons (Fsp3) is 0.273. The van der Waals surface area contributed by atoms with E-state index in [0.29, 0.717) is 6.54 Å². The molecule has 2 aromatic heterocycles. The lowest BCUT2D eigenvalue weighted by Crippen LogP contribution is -1.99. The lowest BCUT2D eigenvalue weighted by atomic mass is 10.3. The number of anilines is 2. The molecule has 2 N–H and O–H groups in total. The predicted octanol–water partition coefficient (Wildman–Crippen LogP) is 2.03. The maximum Gasteiger partial charge on any atom is 0.156 e. The number of rotatable bonds is 4. The highest BCUT2D eigenvalue weighted by Gasteiger charge is 2.00. The van der Waals surface area contributed by atoms with Crippen LogP contribution in [0.25, 0.3) is 0 Å². The van der Waals surface area contributed by atoms with Crippen molar-refractivity contribution in [1.29, 1.82) is 0 Å². The van der Waals surface area contributed by atoms with Gasteiger partial charge in [0.05, 0.1) is 12.2 Å². The largest absolute Gasteiger partial charge is 0.378 e. The van der Waals surface area contributed by atoms with Crippen LogP contribution in [0.5, 0.6) is 0 Å². The van der Waals surface area contributed by atoms with E-state index in [9.17, 15) is 0 Å². The molecule has 0 aliphatic carbocycles. The highest BCUT2D eigenvalue weighted by atomic mass is 16.5. The first-order valence-corrected chi connectivity index (χ1v) is 5.08. The van der Waals surface area contributed by atoms with Gasteiger partial charge in [-0.3, -0.25) is 0 Å². The van der Waals surface area contributed by atoms with Crippen molar-refractivity contribution >= 4 is 11.5 Å². The minimum atomic E-state index is 0.619. The van der Waals surface area contributed by atoms with Crippen LogP contribution in [0.15, 0.2) is 28.9 Å². The van der Waals surface area contributed by atoms with Gasteiger partial charge in [-0.2, -0.15) is 0 Å². The first-order chi connectivity index (χ1) is 7.78. The topological polar surface area (TPSA) is 63.0 Å². The number of nitrogens with zero attached hydrogens (tertiary/aromatic N) is 2. The van der Waals surface area contributed by atoms with Gasteiger partial charge in [0.15, 0.2) is 5.76 Å². The molecule has 2 rings (SSSR count). The van der Waals surface area contributed by atoms with Crippen LogP contribution in [0.4, 0.5) is 11.5 Å². The zero-order valence-electron chi connectivity index (χ0n) is 9.32. The molecule has 0 aromatic carbocycles. The summed E-state index contributed by atoms with van der Waals surface area (Å²) in [6.07, 6.45) is 1.75. The van der Waals surface area contributed by atoms with Crippen LogP contribution in [0.2, 0.25) is 0 Å². The third-order valence-corrected chi connectivity index (χ3v) is 2.16. The molecular formula is C11H14N4O. The van der Waals surface area contributed by atoms with Gasteiger partial charge < -0.3 is 15.2 Å². The van der Waals surface area contributed by atoms with Crippen LogP contribution in [0.1, 0.15) is 11.5 Å². The number of aryl methyl sites for hydroxylation is 1. The molecule has 5 nitrogen and oxygen atoms in total. The molecule has 0 unspecified atom stereocenters. The van der Waals surface area contributed by atoms with Crippen molar-refractivity contribution in [2.75, 3.05) is 17.7 Å². The zero-order valence-corrected chi connectivity index (χ0v) is 9.32. The quantitative estimate of drug-likeness (QED) is 0.822. The Kier molecular flexibility index (Phi) is 3.05.